The zero-order chi connectivity index (χ0) is 15.8. The summed E-state index contributed by atoms with van der Waals surface area (Å²) in [5, 5.41) is 10.2. The Morgan fingerprint density at radius 2 is 2.05 bits per heavy atom. The fourth-order valence-corrected chi connectivity index (χ4v) is 3.21. The second-order valence-electron chi connectivity index (χ2n) is 6.45. The average Bonchev–Trinajstić information content (AvgIpc) is 2.57. The Morgan fingerprint density at radius 1 is 1.27 bits per heavy atom. The summed E-state index contributed by atoms with van der Waals surface area (Å²) < 4.78 is 0. The van der Waals surface area contributed by atoms with Gasteiger partial charge in [0.15, 0.2) is 5.78 Å². The highest BCUT2D eigenvalue weighted by atomic mass is 16.3. The Hall–Kier alpha value is -1.41. The first-order valence-electron chi connectivity index (χ1n) is 8.66. The number of carbonyl (C=O) groups is 1. The molecule has 0 fully saturated rings. The van der Waals surface area contributed by atoms with Gasteiger partial charge in [0.1, 0.15) is 6.10 Å². The number of rotatable bonds is 8. The quantitative estimate of drug-likeness (QED) is 0.420. The minimum Gasteiger partial charge on any atom is -0.385 e. The number of hydrogen-bond acceptors (Lipinski definition) is 2. The average molecular weight is 300 g/mol. The standard InChI is InChI=1S/C20H28O2/c1-2-3-5-8-16-11-13-17(14-12-16)15-19(21)20(22)18-9-6-4-7-10-18/h4,6-7,9-10,13,16,19,21H,2-3,5,8,11-12,14-15H2,1H3/t16-,19+/m1/s1. The summed E-state index contributed by atoms with van der Waals surface area (Å²) in [6, 6.07) is 9.09. The molecule has 120 valence electrons. The SMILES string of the molecule is CCCCC[C@@H]1CC=C(C[C@H](O)C(=O)c2ccccc2)CC1. The maximum atomic E-state index is 12.2. The van der Waals surface area contributed by atoms with Crippen LogP contribution >= 0.6 is 0 Å². The number of unbranched alkanes of at least 4 members (excludes halogenated alkanes) is 2. The zero-order valence-electron chi connectivity index (χ0n) is 13.6. The van der Waals surface area contributed by atoms with Gasteiger partial charge in [-0.25, -0.2) is 0 Å². The highest BCUT2D eigenvalue weighted by Gasteiger charge is 2.21. The lowest BCUT2D eigenvalue weighted by molar-refractivity contribution is 0.0745. The topological polar surface area (TPSA) is 37.3 Å². The predicted octanol–water partition coefficient (Wildman–Crippen LogP) is 4.93. The second-order valence-corrected chi connectivity index (χ2v) is 6.45. The van der Waals surface area contributed by atoms with Gasteiger partial charge in [-0.2, -0.15) is 0 Å². The molecule has 0 heterocycles. The molecule has 0 saturated carbocycles. The van der Waals surface area contributed by atoms with E-state index in [0.29, 0.717) is 12.0 Å². The third-order valence-electron chi connectivity index (χ3n) is 4.65. The molecule has 1 aliphatic rings. The van der Waals surface area contributed by atoms with Crippen molar-refractivity contribution in [2.24, 2.45) is 5.92 Å². The van der Waals surface area contributed by atoms with E-state index in [1.807, 2.05) is 18.2 Å². The van der Waals surface area contributed by atoms with Crippen molar-refractivity contribution >= 4 is 5.78 Å². The van der Waals surface area contributed by atoms with Crippen LogP contribution in [0.5, 0.6) is 0 Å². The van der Waals surface area contributed by atoms with E-state index >= 15 is 0 Å². The highest BCUT2D eigenvalue weighted by molar-refractivity contribution is 5.99. The molecule has 1 aromatic carbocycles. The summed E-state index contributed by atoms with van der Waals surface area (Å²) in [4.78, 5) is 12.2. The van der Waals surface area contributed by atoms with Gasteiger partial charge in [0.2, 0.25) is 0 Å². The van der Waals surface area contributed by atoms with Gasteiger partial charge < -0.3 is 5.11 Å². The predicted molar refractivity (Wildman–Crippen MR) is 91.0 cm³/mol. The summed E-state index contributed by atoms with van der Waals surface area (Å²) in [5.41, 5.74) is 1.85. The van der Waals surface area contributed by atoms with Crippen LogP contribution in [0.2, 0.25) is 0 Å². The minimum atomic E-state index is -0.898. The molecule has 2 nitrogen and oxygen atoms in total. The van der Waals surface area contributed by atoms with Crippen LogP contribution in [0.3, 0.4) is 0 Å². The highest BCUT2D eigenvalue weighted by Crippen LogP contribution is 2.30. The van der Waals surface area contributed by atoms with Crippen LogP contribution in [0.1, 0.15) is 68.6 Å². The van der Waals surface area contributed by atoms with Crippen molar-refractivity contribution in [3.05, 3.63) is 47.5 Å². The molecule has 0 saturated heterocycles. The monoisotopic (exact) mass is 300 g/mol. The minimum absolute atomic E-state index is 0.161. The largest absolute Gasteiger partial charge is 0.385 e. The number of Topliss-reactive ketones (excluding diaryl/α,β-unsaturated/α-hetero) is 1. The lowest BCUT2D eigenvalue weighted by Crippen LogP contribution is -2.22. The molecule has 22 heavy (non-hydrogen) atoms. The van der Waals surface area contributed by atoms with Crippen LogP contribution in [0, 0.1) is 5.92 Å². The van der Waals surface area contributed by atoms with Crippen molar-refractivity contribution in [3.63, 3.8) is 0 Å². The Bertz CT molecular complexity index is 490. The molecular formula is C20H28O2. The molecule has 1 aromatic rings. The lowest BCUT2D eigenvalue weighted by atomic mass is 9.84. The number of allylic oxidation sites excluding steroid dienone is 1. The Morgan fingerprint density at radius 3 is 2.68 bits per heavy atom. The fourth-order valence-electron chi connectivity index (χ4n) is 3.21. The molecule has 1 N–H and O–H groups in total. The van der Waals surface area contributed by atoms with Crippen LogP contribution < -0.4 is 0 Å². The molecule has 0 amide bonds. The van der Waals surface area contributed by atoms with Crippen LogP contribution in [-0.2, 0) is 0 Å². The van der Waals surface area contributed by atoms with Gasteiger partial charge in [-0.05, 0) is 25.2 Å². The first-order valence-corrected chi connectivity index (χ1v) is 8.66. The summed E-state index contributed by atoms with van der Waals surface area (Å²) >= 11 is 0. The van der Waals surface area contributed by atoms with E-state index in [0.717, 1.165) is 18.8 Å². The number of hydrogen-bond donors (Lipinski definition) is 1. The Labute approximate surface area is 134 Å². The molecule has 0 spiro atoms. The van der Waals surface area contributed by atoms with Crippen LogP contribution in [0.25, 0.3) is 0 Å². The second kappa shape index (κ2) is 8.89. The van der Waals surface area contributed by atoms with E-state index < -0.39 is 6.10 Å². The van der Waals surface area contributed by atoms with Gasteiger partial charge in [0.05, 0.1) is 0 Å². The van der Waals surface area contributed by atoms with Crippen molar-refractivity contribution < 1.29 is 9.90 Å². The van der Waals surface area contributed by atoms with Gasteiger partial charge in [-0.3, -0.25) is 4.79 Å². The van der Waals surface area contributed by atoms with Gasteiger partial charge in [-0.15, -0.1) is 0 Å². The smallest absolute Gasteiger partial charge is 0.191 e. The van der Waals surface area contributed by atoms with Crippen LogP contribution in [-0.4, -0.2) is 17.0 Å². The lowest BCUT2D eigenvalue weighted by Gasteiger charge is -2.23. The van der Waals surface area contributed by atoms with Crippen molar-refractivity contribution in [2.75, 3.05) is 0 Å². The fraction of sp³-hybridized carbons (Fsp3) is 0.550. The van der Waals surface area contributed by atoms with Crippen LogP contribution in [0.15, 0.2) is 42.0 Å². The Kier molecular flexibility index (Phi) is 6.85. The molecule has 0 unspecified atom stereocenters. The van der Waals surface area contributed by atoms with Crippen molar-refractivity contribution in [1.29, 1.82) is 0 Å². The molecule has 0 radical (unpaired) electrons. The first kappa shape index (κ1) is 17.0. The molecule has 1 aliphatic carbocycles. The van der Waals surface area contributed by atoms with Crippen molar-refractivity contribution in [2.45, 2.75) is 64.4 Å². The van der Waals surface area contributed by atoms with E-state index in [1.165, 1.54) is 37.7 Å². The number of aliphatic hydroxyl groups excluding tert-OH is 1. The zero-order valence-corrected chi connectivity index (χ0v) is 13.6. The normalized spacial score (nSPS) is 19.5. The molecule has 0 bridgehead atoms. The number of ketones is 1. The summed E-state index contributed by atoms with van der Waals surface area (Å²) in [6.45, 7) is 2.24. The van der Waals surface area contributed by atoms with Gasteiger partial charge >= 0.3 is 0 Å². The van der Waals surface area contributed by atoms with E-state index in [-0.39, 0.29) is 5.78 Å². The summed E-state index contributed by atoms with van der Waals surface area (Å²) in [6.07, 6.45) is 10.5. The number of carbonyl (C=O) groups excluding carboxylic acids is 1. The van der Waals surface area contributed by atoms with E-state index in [1.54, 1.807) is 12.1 Å². The van der Waals surface area contributed by atoms with Gasteiger partial charge in [0, 0.05) is 12.0 Å². The molecule has 2 rings (SSSR count). The molecule has 2 heteroatoms. The van der Waals surface area contributed by atoms with E-state index in [9.17, 15) is 9.90 Å². The summed E-state index contributed by atoms with van der Waals surface area (Å²) in [7, 11) is 0. The molecule has 0 aromatic heterocycles. The van der Waals surface area contributed by atoms with Crippen LogP contribution in [0.4, 0.5) is 0 Å². The maximum absolute atomic E-state index is 12.2. The Balaban J connectivity index is 1.80. The van der Waals surface area contributed by atoms with E-state index in [2.05, 4.69) is 13.0 Å². The van der Waals surface area contributed by atoms with E-state index in [4.69, 9.17) is 0 Å². The maximum Gasteiger partial charge on any atom is 0.191 e. The molecular weight excluding hydrogens is 272 g/mol. The van der Waals surface area contributed by atoms with Gasteiger partial charge in [0.25, 0.3) is 0 Å². The van der Waals surface area contributed by atoms with Crippen molar-refractivity contribution in [3.8, 4) is 0 Å². The van der Waals surface area contributed by atoms with Crippen molar-refractivity contribution in [1.82, 2.24) is 0 Å². The third kappa shape index (κ3) is 5.10. The summed E-state index contributed by atoms with van der Waals surface area (Å²) in [5.74, 6) is 0.642. The number of benzene rings is 1. The third-order valence-corrected chi connectivity index (χ3v) is 4.65. The van der Waals surface area contributed by atoms with Gasteiger partial charge in [-0.1, -0.05) is 74.6 Å². The first-order chi connectivity index (χ1) is 10.7. The molecule has 0 aliphatic heterocycles. The number of aliphatic hydroxyl groups is 1. The molecule has 2 atom stereocenters.